The molecule has 0 fully saturated rings. The Bertz CT molecular complexity index is 815. The maximum absolute atomic E-state index is 11.4. The highest BCUT2D eigenvalue weighted by atomic mass is 16.6. The first-order chi connectivity index (χ1) is 13.5. The summed E-state index contributed by atoms with van der Waals surface area (Å²) in [4.78, 5) is 11.4. The van der Waals surface area contributed by atoms with Crippen LogP contribution >= 0.6 is 0 Å². The molecule has 3 heteroatoms. The first kappa shape index (κ1) is 22.9. The van der Waals surface area contributed by atoms with Crippen molar-refractivity contribution in [1.82, 2.24) is 0 Å². The van der Waals surface area contributed by atoms with E-state index in [0.717, 1.165) is 5.56 Å². The van der Waals surface area contributed by atoms with E-state index in [1.54, 1.807) is 0 Å². The maximum atomic E-state index is 11.4. The van der Waals surface area contributed by atoms with Gasteiger partial charge in [-0.15, -0.1) is 0 Å². The van der Waals surface area contributed by atoms with E-state index in [2.05, 4.69) is 82.8 Å². The first-order valence-corrected chi connectivity index (χ1v) is 10.1. The van der Waals surface area contributed by atoms with E-state index >= 15 is 0 Å². The summed E-state index contributed by atoms with van der Waals surface area (Å²) < 4.78 is 11.5. The van der Waals surface area contributed by atoms with Gasteiger partial charge in [0.15, 0.2) is 0 Å². The van der Waals surface area contributed by atoms with Crippen LogP contribution in [0, 0.1) is 0 Å². The summed E-state index contributed by atoms with van der Waals surface area (Å²) in [5.41, 5.74) is 2.58. The Labute approximate surface area is 175 Å². The van der Waals surface area contributed by atoms with Crippen molar-refractivity contribution in [2.24, 2.45) is 0 Å². The normalized spacial score (nSPS) is 12.5. The Kier molecular flexibility index (Phi) is 7.07. The highest BCUT2D eigenvalue weighted by molar-refractivity contribution is 5.81. The van der Waals surface area contributed by atoms with E-state index in [1.165, 1.54) is 17.2 Å². The third-order valence-corrected chi connectivity index (χ3v) is 5.51. The molecule has 0 spiro atoms. The van der Waals surface area contributed by atoms with Crippen molar-refractivity contribution in [3.05, 3.63) is 83.9 Å². The summed E-state index contributed by atoms with van der Waals surface area (Å²) >= 11 is 0. The lowest BCUT2D eigenvalue weighted by atomic mass is 9.77. The van der Waals surface area contributed by atoms with Gasteiger partial charge in [0, 0.05) is 17.9 Å². The average molecular weight is 395 g/mol. The van der Waals surface area contributed by atoms with Gasteiger partial charge in [-0.3, -0.25) is 0 Å². The van der Waals surface area contributed by atoms with Gasteiger partial charge in [0.05, 0.1) is 12.2 Å². The largest absolute Gasteiger partial charge is 0.456 e. The number of esters is 1. The standard InChI is InChI=1S/C26H34O3/c1-8-23(27)29-24(2,3)18-19-28-26(6,7)22-16-14-21(15-17-22)25(4,5)20-12-10-9-11-13-20/h8-17H,1,18-19H2,2-7H3. The Morgan fingerprint density at radius 2 is 1.38 bits per heavy atom. The van der Waals surface area contributed by atoms with Gasteiger partial charge < -0.3 is 9.47 Å². The molecule has 0 aliphatic heterocycles. The topological polar surface area (TPSA) is 35.5 Å². The van der Waals surface area contributed by atoms with E-state index in [9.17, 15) is 4.79 Å². The second kappa shape index (κ2) is 8.96. The minimum absolute atomic E-state index is 0.0656. The highest BCUT2D eigenvalue weighted by Gasteiger charge is 2.27. The number of ether oxygens (including phenoxy) is 2. The smallest absolute Gasteiger partial charge is 0.330 e. The molecule has 0 amide bonds. The molecule has 29 heavy (non-hydrogen) atoms. The zero-order valence-electron chi connectivity index (χ0n) is 18.6. The van der Waals surface area contributed by atoms with Gasteiger partial charge in [0.1, 0.15) is 5.60 Å². The zero-order chi connectivity index (χ0) is 21.7. The molecule has 2 aromatic rings. The second-order valence-electron chi connectivity index (χ2n) is 9.06. The molecule has 2 rings (SSSR count). The molecular formula is C26H34O3. The molecule has 0 atom stereocenters. The van der Waals surface area contributed by atoms with E-state index in [4.69, 9.17) is 9.47 Å². The molecule has 0 aliphatic carbocycles. The fourth-order valence-electron chi connectivity index (χ4n) is 3.31. The van der Waals surface area contributed by atoms with Gasteiger partial charge in [-0.1, -0.05) is 75.0 Å². The molecule has 0 aromatic heterocycles. The van der Waals surface area contributed by atoms with Crippen molar-refractivity contribution in [3.8, 4) is 0 Å². The summed E-state index contributed by atoms with van der Waals surface area (Å²) in [5.74, 6) is -0.411. The summed E-state index contributed by atoms with van der Waals surface area (Å²) in [6.07, 6.45) is 1.79. The highest BCUT2D eigenvalue weighted by Crippen LogP contribution is 2.33. The summed E-state index contributed by atoms with van der Waals surface area (Å²) in [6.45, 7) is 16.3. The van der Waals surface area contributed by atoms with Gasteiger partial charge in [0.2, 0.25) is 0 Å². The van der Waals surface area contributed by atoms with Crippen molar-refractivity contribution >= 4 is 5.97 Å². The monoisotopic (exact) mass is 394 g/mol. The van der Waals surface area contributed by atoms with Crippen LogP contribution < -0.4 is 0 Å². The number of rotatable bonds is 9. The average Bonchev–Trinajstić information content (AvgIpc) is 2.68. The molecule has 0 bridgehead atoms. The van der Waals surface area contributed by atoms with E-state index < -0.39 is 17.2 Å². The Balaban J connectivity index is 2.04. The lowest BCUT2D eigenvalue weighted by Crippen LogP contribution is -2.31. The number of carbonyl (C=O) groups is 1. The second-order valence-corrected chi connectivity index (χ2v) is 9.06. The van der Waals surface area contributed by atoms with Crippen LogP contribution in [-0.4, -0.2) is 18.2 Å². The quantitative estimate of drug-likeness (QED) is 0.377. The minimum Gasteiger partial charge on any atom is -0.456 e. The predicted octanol–water partition coefficient (Wildman–Crippen LogP) is 6.16. The fourth-order valence-corrected chi connectivity index (χ4v) is 3.31. The van der Waals surface area contributed by atoms with Gasteiger partial charge in [-0.05, 0) is 44.4 Å². The lowest BCUT2D eigenvalue weighted by Gasteiger charge is -2.31. The van der Waals surface area contributed by atoms with Crippen LogP contribution in [0.3, 0.4) is 0 Å². The van der Waals surface area contributed by atoms with Crippen molar-refractivity contribution in [2.75, 3.05) is 6.61 Å². The van der Waals surface area contributed by atoms with Crippen molar-refractivity contribution in [3.63, 3.8) is 0 Å². The molecule has 0 radical (unpaired) electrons. The molecule has 0 N–H and O–H groups in total. The zero-order valence-corrected chi connectivity index (χ0v) is 18.6. The third kappa shape index (κ3) is 6.04. The molecule has 156 valence electrons. The van der Waals surface area contributed by atoms with E-state index in [-0.39, 0.29) is 5.41 Å². The van der Waals surface area contributed by atoms with Crippen LogP contribution in [0.4, 0.5) is 0 Å². The van der Waals surface area contributed by atoms with Gasteiger partial charge in [-0.25, -0.2) is 4.79 Å². The van der Waals surface area contributed by atoms with Gasteiger partial charge in [-0.2, -0.15) is 0 Å². The van der Waals surface area contributed by atoms with E-state index in [0.29, 0.717) is 13.0 Å². The lowest BCUT2D eigenvalue weighted by molar-refractivity contribution is -0.153. The molecule has 0 unspecified atom stereocenters. The molecule has 2 aromatic carbocycles. The number of carbonyl (C=O) groups excluding carboxylic acids is 1. The number of benzene rings is 2. The van der Waals surface area contributed by atoms with Crippen LogP contribution in [0.25, 0.3) is 0 Å². The van der Waals surface area contributed by atoms with Crippen LogP contribution in [-0.2, 0) is 25.3 Å². The molecule has 0 saturated heterocycles. The van der Waals surface area contributed by atoms with Gasteiger partial charge in [0.25, 0.3) is 0 Å². The molecule has 0 aliphatic rings. The maximum Gasteiger partial charge on any atom is 0.330 e. The summed E-state index contributed by atoms with van der Waals surface area (Å²) in [6, 6.07) is 19.2. The predicted molar refractivity (Wildman–Crippen MR) is 119 cm³/mol. The SMILES string of the molecule is C=CC(=O)OC(C)(C)CCOC(C)(C)c1ccc(C(C)(C)c2ccccc2)cc1. The van der Waals surface area contributed by atoms with Crippen molar-refractivity contribution in [2.45, 2.75) is 64.6 Å². The molecule has 0 heterocycles. The third-order valence-electron chi connectivity index (χ3n) is 5.51. The summed E-state index contributed by atoms with van der Waals surface area (Å²) in [5, 5.41) is 0. The van der Waals surface area contributed by atoms with Crippen molar-refractivity contribution < 1.29 is 14.3 Å². The fraction of sp³-hybridized carbons (Fsp3) is 0.423. The van der Waals surface area contributed by atoms with Crippen LogP contribution in [0.5, 0.6) is 0 Å². The molecule has 0 saturated carbocycles. The molecular weight excluding hydrogens is 360 g/mol. The Morgan fingerprint density at radius 3 is 1.93 bits per heavy atom. The van der Waals surface area contributed by atoms with Crippen LogP contribution in [0.15, 0.2) is 67.3 Å². The minimum atomic E-state index is -0.592. The molecule has 3 nitrogen and oxygen atoms in total. The van der Waals surface area contributed by atoms with Crippen LogP contribution in [0.2, 0.25) is 0 Å². The summed E-state index contributed by atoms with van der Waals surface area (Å²) in [7, 11) is 0. The number of hydrogen-bond donors (Lipinski definition) is 0. The Hall–Kier alpha value is -2.39. The number of hydrogen-bond acceptors (Lipinski definition) is 3. The van der Waals surface area contributed by atoms with E-state index in [1.807, 2.05) is 19.9 Å². The van der Waals surface area contributed by atoms with Crippen molar-refractivity contribution in [1.29, 1.82) is 0 Å². The first-order valence-electron chi connectivity index (χ1n) is 10.1. The van der Waals surface area contributed by atoms with Crippen LogP contribution in [0.1, 0.15) is 64.7 Å². The van der Waals surface area contributed by atoms with Gasteiger partial charge >= 0.3 is 5.97 Å². The Morgan fingerprint density at radius 1 is 0.862 bits per heavy atom.